The molecule has 1 saturated heterocycles. The third kappa shape index (κ3) is 2.60. The summed E-state index contributed by atoms with van der Waals surface area (Å²) >= 11 is 5.91. The molecule has 1 aliphatic heterocycles. The molecule has 1 aromatic carbocycles. The molecule has 0 aliphatic carbocycles. The van der Waals surface area contributed by atoms with E-state index < -0.39 is 0 Å². The lowest BCUT2D eigenvalue weighted by Crippen LogP contribution is -2.47. The summed E-state index contributed by atoms with van der Waals surface area (Å²) in [6.45, 7) is 7.23. The summed E-state index contributed by atoms with van der Waals surface area (Å²) in [5.41, 5.74) is 1.26. The van der Waals surface area contributed by atoms with Gasteiger partial charge in [-0.3, -0.25) is 9.69 Å². The van der Waals surface area contributed by atoms with E-state index in [1.165, 1.54) is 5.56 Å². The zero-order valence-electron chi connectivity index (χ0n) is 11.2. The second kappa shape index (κ2) is 5.41. The predicted molar refractivity (Wildman–Crippen MR) is 74.8 cm³/mol. The Morgan fingerprint density at radius 2 is 1.89 bits per heavy atom. The van der Waals surface area contributed by atoms with Crippen molar-refractivity contribution >= 4 is 17.4 Å². The second-order valence-corrected chi connectivity index (χ2v) is 5.65. The molecule has 2 rings (SSSR count). The summed E-state index contributed by atoms with van der Waals surface area (Å²) in [7, 11) is 0. The van der Waals surface area contributed by atoms with Gasteiger partial charge in [-0.15, -0.1) is 0 Å². The largest absolute Gasteiger partial charge is 0.299 e. The van der Waals surface area contributed by atoms with Crippen molar-refractivity contribution in [2.45, 2.75) is 39.3 Å². The summed E-state index contributed by atoms with van der Waals surface area (Å²) < 4.78 is 0. The molecule has 98 valence electrons. The average Bonchev–Trinajstić information content (AvgIpc) is 2.36. The van der Waals surface area contributed by atoms with Crippen LogP contribution in [0, 0.1) is 5.92 Å². The second-order valence-electron chi connectivity index (χ2n) is 5.21. The fraction of sp³-hybridized carbons (Fsp3) is 0.533. The van der Waals surface area contributed by atoms with E-state index in [9.17, 15) is 4.79 Å². The lowest BCUT2D eigenvalue weighted by molar-refractivity contribution is -0.128. The number of likely N-dealkylation sites (tertiary alicyclic amines) is 1. The number of rotatable bonds is 2. The highest BCUT2D eigenvalue weighted by atomic mass is 35.5. The number of halogens is 1. The zero-order valence-corrected chi connectivity index (χ0v) is 11.9. The molecular formula is C15H20ClNO. The van der Waals surface area contributed by atoms with E-state index in [1.54, 1.807) is 0 Å². The van der Waals surface area contributed by atoms with Crippen molar-refractivity contribution in [2.24, 2.45) is 5.92 Å². The van der Waals surface area contributed by atoms with E-state index in [0.717, 1.165) is 11.6 Å². The first-order chi connectivity index (χ1) is 8.50. The van der Waals surface area contributed by atoms with Gasteiger partial charge < -0.3 is 0 Å². The zero-order chi connectivity index (χ0) is 13.3. The molecule has 0 radical (unpaired) electrons. The summed E-state index contributed by atoms with van der Waals surface area (Å²) in [5, 5.41) is 0.765. The number of ketones is 1. The van der Waals surface area contributed by atoms with Gasteiger partial charge in [-0.2, -0.15) is 0 Å². The van der Waals surface area contributed by atoms with Crippen LogP contribution >= 0.6 is 11.6 Å². The maximum absolute atomic E-state index is 11.7. The molecule has 0 amide bonds. The number of hydrogen-bond donors (Lipinski definition) is 0. The monoisotopic (exact) mass is 265 g/mol. The normalized spacial score (nSPS) is 27.2. The molecule has 0 N–H and O–H groups in total. The Hall–Kier alpha value is -0.860. The molecule has 0 aromatic heterocycles. The molecule has 0 bridgehead atoms. The van der Waals surface area contributed by atoms with Gasteiger partial charge in [0.25, 0.3) is 0 Å². The van der Waals surface area contributed by atoms with Gasteiger partial charge in [0, 0.05) is 36.0 Å². The van der Waals surface area contributed by atoms with Crippen LogP contribution in [0.2, 0.25) is 5.02 Å². The SMILES string of the molecule is CC1C(=O)CCN(C(C)c2ccc(Cl)cc2)C1C. The van der Waals surface area contributed by atoms with Crippen LogP contribution in [0.3, 0.4) is 0 Å². The molecule has 0 spiro atoms. The van der Waals surface area contributed by atoms with Crippen molar-refractivity contribution in [1.29, 1.82) is 0 Å². The average molecular weight is 266 g/mol. The molecule has 18 heavy (non-hydrogen) atoms. The number of benzene rings is 1. The van der Waals surface area contributed by atoms with Crippen LogP contribution < -0.4 is 0 Å². The number of piperidine rings is 1. The fourth-order valence-electron chi connectivity index (χ4n) is 2.71. The standard InChI is InChI=1S/C15H20ClNO/c1-10-11(2)17(9-8-15(10)18)12(3)13-4-6-14(16)7-5-13/h4-7,10-12H,8-9H2,1-3H3. The Kier molecular flexibility index (Phi) is 4.08. The third-order valence-corrected chi connectivity index (χ3v) is 4.47. The van der Waals surface area contributed by atoms with Crippen LogP contribution in [0.5, 0.6) is 0 Å². The molecule has 1 fully saturated rings. The van der Waals surface area contributed by atoms with Gasteiger partial charge in [0.05, 0.1) is 0 Å². The fourth-order valence-corrected chi connectivity index (χ4v) is 2.83. The molecule has 1 aromatic rings. The van der Waals surface area contributed by atoms with Gasteiger partial charge in [0.2, 0.25) is 0 Å². The summed E-state index contributed by atoms with van der Waals surface area (Å²) in [6, 6.07) is 8.62. The number of carbonyl (C=O) groups is 1. The quantitative estimate of drug-likeness (QED) is 0.813. The first-order valence-corrected chi connectivity index (χ1v) is 6.92. The highest BCUT2D eigenvalue weighted by Gasteiger charge is 2.33. The molecule has 3 unspecified atom stereocenters. The Labute approximate surface area is 114 Å². The van der Waals surface area contributed by atoms with Crippen LogP contribution in [-0.4, -0.2) is 23.3 Å². The van der Waals surface area contributed by atoms with Crippen molar-refractivity contribution in [3.8, 4) is 0 Å². The van der Waals surface area contributed by atoms with E-state index in [1.807, 2.05) is 19.1 Å². The number of carbonyl (C=O) groups excluding carboxylic acids is 1. The molecule has 1 aliphatic rings. The van der Waals surface area contributed by atoms with Crippen LogP contribution in [0.25, 0.3) is 0 Å². The molecule has 1 heterocycles. The van der Waals surface area contributed by atoms with Crippen molar-refractivity contribution < 1.29 is 4.79 Å². The van der Waals surface area contributed by atoms with E-state index in [0.29, 0.717) is 24.3 Å². The van der Waals surface area contributed by atoms with E-state index >= 15 is 0 Å². The van der Waals surface area contributed by atoms with Gasteiger partial charge >= 0.3 is 0 Å². The molecule has 3 atom stereocenters. The van der Waals surface area contributed by atoms with Gasteiger partial charge in [-0.05, 0) is 31.5 Å². The van der Waals surface area contributed by atoms with Crippen LogP contribution in [0.1, 0.15) is 38.8 Å². The summed E-state index contributed by atoms with van der Waals surface area (Å²) in [5.74, 6) is 0.524. The van der Waals surface area contributed by atoms with Crippen molar-refractivity contribution in [2.75, 3.05) is 6.54 Å². The maximum atomic E-state index is 11.7. The van der Waals surface area contributed by atoms with Crippen molar-refractivity contribution in [1.82, 2.24) is 4.90 Å². The van der Waals surface area contributed by atoms with Crippen LogP contribution in [0.4, 0.5) is 0 Å². The predicted octanol–water partition coefficient (Wildman–Crippen LogP) is 3.70. The van der Waals surface area contributed by atoms with Crippen LogP contribution in [0.15, 0.2) is 24.3 Å². The smallest absolute Gasteiger partial charge is 0.138 e. The lowest BCUT2D eigenvalue weighted by atomic mass is 9.88. The van der Waals surface area contributed by atoms with Gasteiger partial charge in [0.1, 0.15) is 5.78 Å². The number of Topliss-reactive ketones (excluding diaryl/α,β-unsaturated/α-hetero) is 1. The van der Waals surface area contributed by atoms with Gasteiger partial charge in [0.15, 0.2) is 0 Å². The van der Waals surface area contributed by atoms with Crippen molar-refractivity contribution in [3.63, 3.8) is 0 Å². The highest BCUT2D eigenvalue weighted by Crippen LogP contribution is 2.30. The molecule has 0 saturated carbocycles. The first kappa shape index (κ1) is 13.6. The molecule has 2 nitrogen and oxygen atoms in total. The maximum Gasteiger partial charge on any atom is 0.138 e. The Morgan fingerprint density at radius 3 is 2.50 bits per heavy atom. The number of nitrogens with zero attached hydrogens (tertiary/aromatic N) is 1. The highest BCUT2D eigenvalue weighted by molar-refractivity contribution is 6.30. The third-order valence-electron chi connectivity index (χ3n) is 4.22. The first-order valence-electron chi connectivity index (χ1n) is 6.54. The Morgan fingerprint density at radius 1 is 1.28 bits per heavy atom. The minimum atomic E-state index is 0.133. The molecular weight excluding hydrogens is 246 g/mol. The number of hydrogen-bond acceptors (Lipinski definition) is 2. The van der Waals surface area contributed by atoms with Crippen molar-refractivity contribution in [3.05, 3.63) is 34.9 Å². The van der Waals surface area contributed by atoms with E-state index in [-0.39, 0.29) is 5.92 Å². The summed E-state index contributed by atoms with van der Waals surface area (Å²) in [4.78, 5) is 14.1. The molecule has 3 heteroatoms. The Bertz CT molecular complexity index is 429. The summed E-state index contributed by atoms with van der Waals surface area (Å²) in [6.07, 6.45) is 0.670. The van der Waals surface area contributed by atoms with E-state index in [4.69, 9.17) is 11.6 Å². The van der Waals surface area contributed by atoms with E-state index in [2.05, 4.69) is 30.9 Å². The Balaban J connectivity index is 2.16. The van der Waals surface area contributed by atoms with Gasteiger partial charge in [-0.1, -0.05) is 30.7 Å². The minimum absolute atomic E-state index is 0.133. The minimum Gasteiger partial charge on any atom is -0.299 e. The lowest BCUT2D eigenvalue weighted by Gasteiger charge is -2.41. The topological polar surface area (TPSA) is 20.3 Å². The van der Waals surface area contributed by atoms with Gasteiger partial charge in [-0.25, -0.2) is 0 Å². The van der Waals surface area contributed by atoms with Crippen LogP contribution in [-0.2, 0) is 4.79 Å².